The van der Waals surface area contributed by atoms with E-state index in [0.717, 1.165) is 4.47 Å². The molecule has 1 fully saturated rings. The number of nitrogens with one attached hydrogen (secondary N) is 1. The number of likely N-dealkylation sites (N-methyl/N-ethyl adjacent to an activating group) is 1. The first-order valence-electron chi connectivity index (χ1n) is 7.45. The number of carbonyl (C=O) groups excluding carboxylic acids is 1. The summed E-state index contributed by atoms with van der Waals surface area (Å²) in [5.41, 5.74) is 0.681. The Hall–Kier alpha value is -1.12. The van der Waals surface area contributed by atoms with Gasteiger partial charge in [-0.2, -0.15) is 0 Å². The second kappa shape index (κ2) is 7.63. The summed E-state index contributed by atoms with van der Waals surface area (Å²) in [5, 5.41) is 2.85. The Labute approximate surface area is 145 Å². The number of amides is 2. The van der Waals surface area contributed by atoms with Crippen molar-refractivity contribution in [1.29, 1.82) is 0 Å². The van der Waals surface area contributed by atoms with Gasteiger partial charge in [0.25, 0.3) is 0 Å². The van der Waals surface area contributed by atoms with E-state index in [4.69, 9.17) is 0 Å². The molecule has 0 bridgehead atoms. The van der Waals surface area contributed by atoms with Crippen LogP contribution in [0, 0.1) is 0 Å². The Morgan fingerprint density at radius 2 is 2.09 bits per heavy atom. The van der Waals surface area contributed by atoms with Crippen LogP contribution in [0.3, 0.4) is 0 Å². The topological polar surface area (TPSA) is 69.7 Å². The average molecular weight is 404 g/mol. The maximum atomic E-state index is 12.6. The Morgan fingerprint density at radius 3 is 2.65 bits per heavy atom. The first-order chi connectivity index (χ1) is 10.8. The molecule has 1 aliphatic rings. The lowest BCUT2D eigenvalue weighted by Crippen LogP contribution is -2.46. The van der Waals surface area contributed by atoms with Gasteiger partial charge in [-0.15, -0.1) is 0 Å². The molecule has 2 rings (SSSR count). The molecular formula is C15H22BrN3O3S. The van der Waals surface area contributed by atoms with Crippen LogP contribution in [0.4, 0.5) is 10.5 Å². The summed E-state index contributed by atoms with van der Waals surface area (Å²) in [6, 6.07) is 6.82. The molecule has 6 nitrogen and oxygen atoms in total. The molecule has 2 amide bonds. The van der Waals surface area contributed by atoms with Crippen LogP contribution in [-0.4, -0.2) is 69.0 Å². The van der Waals surface area contributed by atoms with Gasteiger partial charge in [-0.1, -0.05) is 22.0 Å². The predicted octanol–water partition coefficient (Wildman–Crippen LogP) is 2.03. The van der Waals surface area contributed by atoms with Gasteiger partial charge in [0.15, 0.2) is 9.84 Å². The fourth-order valence-electron chi connectivity index (χ4n) is 2.54. The summed E-state index contributed by atoms with van der Waals surface area (Å²) >= 11 is 3.37. The SMILES string of the molecule is CN(C)CCN(C(=O)Nc1cccc(Br)c1)C1CCS(=O)(=O)C1. The maximum Gasteiger partial charge on any atom is 0.322 e. The van der Waals surface area contributed by atoms with Crippen LogP contribution in [0.1, 0.15) is 6.42 Å². The van der Waals surface area contributed by atoms with Crippen molar-refractivity contribution < 1.29 is 13.2 Å². The van der Waals surface area contributed by atoms with E-state index in [0.29, 0.717) is 25.2 Å². The number of halogens is 1. The molecule has 0 aromatic heterocycles. The molecule has 1 aromatic carbocycles. The van der Waals surface area contributed by atoms with Crippen molar-refractivity contribution in [3.63, 3.8) is 0 Å². The van der Waals surface area contributed by atoms with E-state index in [1.807, 2.05) is 37.2 Å². The third kappa shape index (κ3) is 5.47. The monoisotopic (exact) mass is 403 g/mol. The summed E-state index contributed by atoms with van der Waals surface area (Å²) in [6.45, 7) is 1.18. The van der Waals surface area contributed by atoms with E-state index < -0.39 is 9.84 Å². The Bertz CT molecular complexity index is 664. The van der Waals surface area contributed by atoms with Crippen LogP contribution in [0.15, 0.2) is 28.7 Å². The van der Waals surface area contributed by atoms with Crippen molar-refractivity contribution in [2.45, 2.75) is 12.5 Å². The molecule has 0 spiro atoms. The second-order valence-corrected chi connectivity index (χ2v) is 9.14. The van der Waals surface area contributed by atoms with Crippen molar-refractivity contribution >= 4 is 37.5 Å². The van der Waals surface area contributed by atoms with E-state index in [9.17, 15) is 13.2 Å². The largest absolute Gasteiger partial charge is 0.322 e. The second-order valence-electron chi connectivity index (χ2n) is 5.99. The molecule has 0 aliphatic carbocycles. The van der Waals surface area contributed by atoms with Crippen molar-refractivity contribution in [3.05, 3.63) is 28.7 Å². The highest BCUT2D eigenvalue weighted by Gasteiger charge is 2.34. The zero-order chi connectivity index (χ0) is 17.0. The molecule has 1 aliphatic heterocycles. The van der Waals surface area contributed by atoms with Gasteiger partial charge in [0.1, 0.15) is 0 Å². The molecule has 1 N–H and O–H groups in total. The number of sulfone groups is 1. The molecule has 0 saturated carbocycles. The number of urea groups is 1. The van der Waals surface area contributed by atoms with Crippen LogP contribution in [0.25, 0.3) is 0 Å². The molecule has 23 heavy (non-hydrogen) atoms. The quantitative estimate of drug-likeness (QED) is 0.816. The molecule has 0 radical (unpaired) electrons. The minimum atomic E-state index is -3.03. The summed E-state index contributed by atoms with van der Waals surface area (Å²) in [7, 11) is 0.818. The highest BCUT2D eigenvalue weighted by molar-refractivity contribution is 9.10. The number of rotatable bonds is 5. The predicted molar refractivity (Wildman–Crippen MR) is 95.5 cm³/mol. The van der Waals surface area contributed by atoms with Crippen molar-refractivity contribution in [3.8, 4) is 0 Å². The van der Waals surface area contributed by atoms with Gasteiger partial charge in [0.05, 0.1) is 11.5 Å². The van der Waals surface area contributed by atoms with Gasteiger partial charge in [0.2, 0.25) is 0 Å². The molecule has 1 unspecified atom stereocenters. The Kier molecular flexibility index (Phi) is 6.05. The number of anilines is 1. The first-order valence-corrected chi connectivity index (χ1v) is 10.1. The number of hydrogen-bond donors (Lipinski definition) is 1. The smallest absolute Gasteiger partial charge is 0.319 e. The summed E-state index contributed by atoms with van der Waals surface area (Å²) < 4.78 is 24.3. The lowest BCUT2D eigenvalue weighted by Gasteiger charge is -2.29. The van der Waals surface area contributed by atoms with Gasteiger partial charge in [0, 0.05) is 29.3 Å². The Morgan fingerprint density at radius 1 is 1.35 bits per heavy atom. The minimum absolute atomic E-state index is 0.0479. The van der Waals surface area contributed by atoms with E-state index in [-0.39, 0.29) is 23.6 Å². The zero-order valence-electron chi connectivity index (χ0n) is 13.3. The first kappa shape index (κ1) is 18.2. The number of hydrogen-bond acceptors (Lipinski definition) is 4. The highest BCUT2D eigenvalue weighted by Crippen LogP contribution is 2.20. The average Bonchev–Trinajstić information content (AvgIpc) is 2.78. The van der Waals surface area contributed by atoms with Gasteiger partial charge in [-0.25, -0.2) is 13.2 Å². The summed E-state index contributed by atoms with van der Waals surface area (Å²) in [6.07, 6.45) is 0.502. The fourth-order valence-corrected chi connectivity index (χ4v) is 4.67. The maximum absolute atomic E-state index is 12.6. The Balaban J connectivity index is 2.10. The van der Waals surface area contributed by atoms with Crippen LogP contribution in [-0.2, 0) is 9.84 Å². The third-order valence-electron chi connectivity index (χ3n) is 3.77. The van der Waals surface area contributed by atoms with Gasteiger partial charge in [-0.05, 0) is 38.7 Å². The van der Waals surface area contributed by atoms with Gasteiger partial charge < -0.3 is 15.1 Å². The minimum Gasteiger partial charge on any atom is -0.319 e. The highest BCUT2D eigenvalue weighted by atomic mass is 79.9. The van der Waals surface area contributed by atoms with Gasteiger partial charge in [-0.3, -0.25) is 0 Å². The van der Waals surface area contributed by atoms with E-state index in [2.05, 4.69) is 21.2 Å². The van der Waals surface area contributed by atoms with Crippen LogP contribution in [0.2, 0.25) is 0 Å². The summed E-state index contributed by atoms with van der Waals surface area (Å²) in [4.78, 5) is 16.2. The van der Waals surface area contributed by atoms with Crippen LogP contribution >= 0.6 is 15.9 Å². The molecule has 128 valence electrons. The van der Waals surface area contributed by atoms with Crippen LogP contribution in [0.5, 0.6) is 0 Å². The van der Waals surface area contributed by atoms with Crippen molar-refractivity contribution in [2.24, 2.45) is 0 Å². The standard InChI is InChI=1S/C15H22BrN3O3S/c1-18(2)7-8-19(14-6-9-23(21,22)11-14)15(20)17-13-5-3-4-12(16)10-13/h3-5,10,14H,6-9,11H2,1-2H3,(H,17,20). The molecule has 1 saturated heterocycles. The molecule has 1 aromatic rings. The molecule has 8 heteroatoms. The van der Waals surface area contributed by atoms with Crippen molar-refractivity contribution in [1.82, 2.24) is 9.80 Å². The van der Waals surface area contributed by atoms with E-state index >= 15 is 0 Å². The number of nitrogens with zero attached hydrogens (tertiary/aromatic N) is 2. The van der Waals surface area contributed by atoms with Crippen molar-refractivity contribution in [2.75, 3.05) is 44.0 Å². The number of benzene rings is 1. The molecular weight excluding hydrogens is 382 g/mol. The van der Waals surface area contributed by atoms with Gasteiger partial charge >= 0.3 is 6.03 Å². The van der Waals surface area contributed by atoms with E-state index in [1.165, 1.54) is 0 Å². The lowest BCUT2D eigenvalue weighted by molar-refractivity contribution is 0.186. The lowest BCUT2D eigenvalue weighted by atomic mass is 10.2. The number of carbonyl (C=O) groups is 1. The normalized spacial score (nSPS) is 19.7. The van der Waals surface area contributed by atoms with E-state index in [1.54, 1.807) is 11.0 Å². The van der Waals surface area contributed by atoms with Crippen LogP contribution < -0.4 is 5.32 Å². The fraction of sp³-hybridized carbons (Fsp3) is 0.533. The summed E-state index contributed by atoms with van der Waals surface area (Å²) in [5.74, 6) is 0.201. The molecule has 1 heterocycles. The third-order valence-corrected chi connectivity index (χ3v) is 6.02. The molecule has 1 atom stereocenters. The zero-order valence-corrected chi connectivity index (χ0v) is 15.7.